The van der Waals surface area contributed by atoms with Gasteiger partial charge in [-0.1, -0.05) is 19.9 Å². The summed E-state index contributed by atoms with van der Waals surface area (Å²) in [5, 5.41) is 5.73. The van der Waals surface area contributed by atoms with Crippen LogP contribution in [0.15, 0.2) is 18.2 Å². The number of ether oxygens (including phenoxy) is 2. The lowest BCUT2D eigenvalue weighted by atomic mass is 9.93. The highest BCUT2D eigenvalue weighted by Gasteiger charge is 2.30. The molecule has 3 unspecified atom stereocenters. The second kappa shape index (κ2) is 8.33. The molecule has 2 rings (SSSR count). The maximum atomic E-state index is 13.8. The number of carbonyl (C=O) groups excluding carboxylic acids is 1. The Balaban J connectivity index is 1.84. The van der Waals surface area contributed by atoms with Gasteiger partial charge in [0.2, 0.25) is 0 Å². The lowest BCUT2D eigenvalue weighted by Crippen LogP contribution is -2.41. The van der Waals surface area contributed by atoms with Crippen molar-refractivity contribution in [3.63, 3.8) is 0 Å². The fraction of sp³-hybridized carbons (Fsp3) is 0.611. The molecule has 0 aromatic heterocycles. The standard InChI is InChI=1S/C18H27FN2O3/c1-11(2)17-14(7-8-24-17)10-20-18(22)21-12(3)13-5-6-16(23-4)15(19)9-13/h5-6,9,11-12,14,17H,7-8,10H2,1-4H3,(H2,20,21,22). The zero-order valence-corrected chi connectivity index (χ0v) is 14.8. The molecular weight excluding hydrogens is 311 g/mol. The minimum Gasteiger partial charge on any atom is -0.494 e. The number of nitrogens with one attached hydrogen (secondary N) is 2. The average Bonchev–Trinajstić information content (AvgIpc) is 3.01. The van der Waals surface area contributed by atoms with E-state index in [0.29, 0.717) is 23.9 Å². The molecule has 134 valence electrons. The Morgan fingerprint density at radius 2 is 2.17 bits per heavy atom. The number of methoxy groups -OCH3 is 1. The Morgan fingerprint density at radius 3 is 2.79 bits per heavy atom. The number of carbonyl (C=O) groups is 1. The Kier molecular flexibility index (Phi) is 6.43. The SMILES string of the molecule is COc1ccc(C(C)NC(=O)NCC2CCOC2C(C)C)cc1F. The van der Waals surface area contributed by atoms with Gasteiger partial charge in [0.05, 0.1) is 19.3 Å². The summed E-state index contributed by atoms with van der Waals surface area (Å²) in [5.41, 5.74) is 0.688. The van der Waals surface area contributed by atoms with E-state index in [2.05, 4.69) is 24.5 Å². The molecule has 1 heterocycles. The fourth-order valence-corrected chi connectivity index (χ4v) is 3.12. The Morgan fingerprint density at radius 1 is 1.42 bits per heavy atom. The van der Waals surface area contributed by atoms with E-state index in [9.17, 15) is 9.18 Å². The quantitative estimate of drug-likeness (QED) is 0.837. The molecule has 1 aromatic rings. The minimum atomic E-state index is -0.438. The summed E-state index contributed by atoms with van der Waals surface area (Å²) < 4.78 is 24.4. The van der Waals surface area contributed by atoms with Crippen molar-refractivity contribution in [1.29, 1.82) is 0 Å². The normalized spacial score (nSPS) is 21.6. The van der Waals surface area contributed by atoms with Gasteiger partial charge in [-0.05, 0) is 37.0 Å². The number of amides is 2. The van der Waals surface area contributed by atoms with Crippen LogP contribution >= 0.6 is 0 Å². The van der Waals surface area contributed by atoms with Gasteiger partial charge in [0.1, 0.15) is 0 Å². The maximum absolute atomic E-state index is 13.8. The van der Waals surface area contributed by atoms with Crippen LogP contribution in [0.5, 0.6) is 5.75 Å². The molecule has 0 aliphatic carbocycles. The number of halogens is 1. The summed E-state index contributed by atoms with van der Waals surface area (Å²) in [6, 6.07) is 4.12. The van der Waals surface area contributed by atoms with Crippen LogP contribution in [0.2, 0.25) is 0 Å². The van der Waals surface area contributed by atoms with Crippen LogP contribution < -0.4 is 15.4 Å². The molecule has 2 N–H and O–H groups in total. The molecule has 1 aliphatic rings. The van der Waals surface area contributed by atoms with Crippen LogP contribution in [0.3, 0.4) is 0 Å². The van der Waals surface area contributed by atoms with Gasteiger partial charge in [-0.3, -0.25) is 0 Å². The summed E-state index contributed by atoms with van der Waals surface area (Å²) in [4.78, 5) is 12.1. The van der Waals surface area contributed by atoms with Crippen LogP contribution in [0.4, 0.5) is 9.18 Å². The van der Waals surface area contributed by atoms with E-state index in [1.165, 1.54) is 13.2 Å². The lowest BCUT2D eigenvalue weighted by Gasteiger charge is -2.23. The smallest absolute Gasteiger partial charge is 0.315 e. The predicted octanol–water partition coefficient (Wildman–Crippen LogP) is 3.26. The molecule has 0 bridgehead atoms. The van der Waals surface area contributed by atoms with Crippen LogP contribution in [-0.4, -0.2) is 32.4 Å². The first-order chi connectivity index (χ1) is 11.4. The Hall–Kier alpha value is -1.82. The molecule has 6 heteroatoms. The largest absolute Gasteiger partial charge is 0.494 e. The summed E-state index contributed by atoms with van der Waals surface area (Å²) in [7, 11) is 1.42. The predicted molar refractivity (Wildman–Crippen MR) is 90.6 cm³/mol. The molecule has 1 aliphatic heterocycles. The molecule has 0 radical (unpaired) electrons. The number of hydrogen-bond acceptors (Lipinski definition) is 3. The van der Waals surface area contributed by atoms with E-state index < -0.39 is 5.82 Å². The molecule has 2 amide bonds. The van der Waals surface area contributed by atoms with E-state index in [4.69, 9.17) is 9.47 Å². The summed E-state index contributed by atoms with van der Waals surface area (Å²) >= 11 is 0. The van der Waals surface area contributed by atoms with E-state index in [1.807, 2.05) is 6.92 Å². The van der Waals surface area contributed by atoms with E-state index in [0.717, 1.165) is 13.0 Å². The van der Waals surface area contributed by atoms with Gasteiger partial charge in [0, 0.05) is 19.1 Å². The monoisotopic (exact) mass is 338 g/mol. The Bertz CT molecular complexity index is 565. The first-order valence-electron chi connectivity index (χ1n) is 8.41. The van der Waals surface area contributed by atoms with Gasteiger partial charge in [-0.15, -0.1) is 0 Å². The summed E-state index contributed by atoms with van der Waals surface area (Å²) in [6.07, 6.45) is 1.15. The number of urea groups is 1. The van der Waals surface area contributed by atoms with E-state index in [-0.39, 0.29) is 23.9 Å². The van der Waals surface area contributed by atoms with Crippen molar-refractivity contribution >= 4 is 6.03 Å². The molecular formula is C18H27FN2O3. The molecule has 1 saturated heterocycles. The minimum absolute atomic E-state index is 0.191. The third-order valence-electron chi connectivity index (χ3n) is 4.47. The molecule has 1 fully saturated rings. The highest BCUT2D eigenvalue weighted by atomic mass is 19.1. The van der Waals surface area contributed by atoms with Crippen LogP contribution in [0.25, 0.3) is 0 Å². The van der Waals surface area contributed by atoms with Crippen molar-refractivity contribution in [2.75, 3.05) is 20.3 Å². The van der Waals surface area contributed by atoms with Crippen molar-refractivity contribution in [1.82, 2.24) is 10.6 Å². The van der Waals surface area contributed by atoms with Crippen LogP contribution in [0.1, 0.15) is 38.8 Å². The maximum Gasteiger partial charge on any atom is 0.315 e. The fourth-order valence-electron chi connectivity index (χ4n) is 3.12. The highest BCUT2D eigenvalue weighted by molar-refractivity contribution is 5.74. The lowest BCUT2D eigenvalue weighted by molar-refractivity contribution is 0.0545. The number of benzene rings is 1. The number of hydrogen-bond donors (Lipinski definition) is 2. The van der Waals surface area contributed by atoms with E-state index >= 15 is 0 Å². The Labute approximate surface area is 142 Å². The van der Waals surface area contributed by atoms with E-state index in [1.54, 1.807) is 12.1 Å². The molecule has 1 aromatic carbocycles. The highest BCUT2D eigenvalue weighted by Crippen LogP contribution is 2.26. The topological polar surface area (TPSA) is 59.6 Å². The first kappa shape index (κ1) is 18.5. The van der Waals surface area contributed by atoms with Crippen molar-refractivity contribution in [2.24, 2.45) is 11.8 Å². The second-order valence-electron chi connectivity index (χ2n) is 6.60. The van der Waals surface area contributed by atoms with Crippen LogP contribution in [0, 0.1) is 17.7 Å². The first-order valence-corrected chi connectivity index (χ1v) is 8.41. The molecule has 24 heavy (non-hydrogen) atoms. The number of rotatable bonds is 6. The van der Waals surface area contributed by atoms with Gasteiger partial charge < -0.3 is 20.1 Å². The summed E-state index contributed by atoms with van der Waals surface area (Å²) in [6.45, 7) is 7.40. The van der Waals surface area contributed by atoms with Crippen molar-refractivity contribution in [2.45, 2.75) is 39.3 Å². The molecule has 0 saturated carbocycles. The summed E-state index contributed by atoms with van der Waals surface area (Å²) in [5.74, 6) is 0.524. The van der Waals surface area contributed by atoms with Gasteiger partial charge in [-0.25, -0.2) is 9.18 Å². The second-order valence-corrected chi connectivity index (χ2v) is 6.60. The van der Waals surface area contributed by atoms with Gasteiger partial charge in [0.25, 0.3) is 0 Å². The third kappa shape index (κ3) is 4.60. The molecule has 0 spiro atoms. The third-order valence-corrected chi connectivity index (χ3v) is 4.47. The van der Waals surface area contributed by atoms with Gasteiger partial charge >= 0.3 is 6.03 Å². The van der Waals surface area contributed by atoms with Crippen molar-refractivity contribution in [3.05, 3.63) is 29.6 Å². The average molecular weight is 338 g/mol. The molecule has 5 nitrogen and oxygen atoms in total. The zero-order chi connectivity index (χ0) is 17.7. The van der Waals surface area contributed by atoms with Crippen molar-refractivity contribution in [3.8, 4) is 5.75 Å². The van der Waals surface area contributed by atoms with Crippen LogP contribution in [-0.2, 0) is 4.74 Å². The molecule has 3 atom stereocenters. The van der Waals surface area contributed by atoms with Gasteiger partial charge in [-0.2, -0.15) is 0 Å². The van der Waals surface area contributed by atoms with Crippen molar-refractivity contribution < 1.29 is 18.7 Å². The van der Waals surface area contributed by atoms with Gasteiger partial charge in [0.15, 0.2) is 11.6 Å². The zero-order valence-electron chi connectivity index (χ0n) is 14.8.